The van der Waals surface area contributed by atoms with Crippen molar-refractivity contribution in [1.82, 2.24) is 4.90 Å². The average molecular weight is 318 g/mol. The van der Waals surface area contributed by atoms with Crippen LogP contribution in [0, 0.1) is 0 Å². The summed E-state index contributed by atoms with van der Waals surface area (Å²) in [7, 11) is 3.09. The van der Waals surface area contributed by atoms with Crippen molar-refractivity contribution in [3.8, 4) is 11.5 Å². The van der Waals surface area contributed by atoms with E-state index in [1.54, 1.807) is 37.7 Å². The molecule has 2 aromatic rings. The van der Waals surface area contributed by atoms with E-state index in [1.165, 1.54) is 10.4 Å². The SMILES string of the molecule is COc1cc(N)c(C(=O)N2CCc3sccc3C2)cc1OC. The Labute approximate surface area is 133 Å². The molecule has 0 radical (unpaired) electrons. The van der Waals surface area contributed by atoms with Crippen LogP contribution in [0.15, 0.2) is 23.6 Å². The van der Waals surface area contributed by atoms with Crippen LogP contribution in [0.3, 0.4) is 0 Å². The minimum atomic E-state index is -0.0738. The molecule has 0 saturated carbocycles. The Balaban J connectivity index is 1.89. The Morgan fingerprint density at radius 2 is 2.00 bits per heavy atom. The molecule has 0 spiro atoms. The monoisotopic (exact) mass is 318 g/mol. The first-order valence-corrected chi connectivity index (χ1v) is 7.88. The second-order valence-electron chi connectivity index (χ2n) is 5.14. The zero-order chi connectivity index (χ0) is 15.7. The largest absolute Gasteiger partial charge is 0.493 e. The van der Waals surface area contributed by atoms with Crippen LogP contribution in [0.1, 0.15) is 20.8 Å². The third-order valence-corrected chi connectivity index (χ3v) is 4.90. The third kappa shape index (κ3) is 2.50. The van der Waals surface area contributed by atoms with E-state index >= 15 is 0 Å². The van der Waals surface area contributed by atoms with Crippen molar-refractivity contribution in [2.24, 2.45) is 0 Å². The maximum absolute atomic E-state index is 12.8. The van der Waals surface area contributed by atoms with Gasteiger partial charge in [0.15, 0.2) is 11.5 Å². The summed E-state index contributed by atoms with van der Waals surface area (Å²) >= 11 is 1.75. The highest BCUT2D eigenvalue weighted by Crippen LogP contribution is 2.33. The molecule has 1 amide bonds. The lowest BCUT2D eigenvalue weighted by Crippen LogP contribution is -2.35. The fraction of sp³-hybridized carbons (Fsp3) is 0.312. The fourth-order valence-corrected chi connectivity index (χ4v) is 3.56. The summed E-state index contributed by atoms with van der Waals surface area (Å²) in [6.07, 6.45) is 0.895. The number of anilines is 1. The molecule has 6 heteroatoms. The summed E-state index contributed by atoms with van der Waals surface area (Å²) in [6, 6.07) is 5.36. The number of nitrogen functional groups attached to an aromatic ring is 1. The van der Waals surface area contributed by atoms with Crippen LogP contribution in [-0.4, -0.2) is 31.6 Å². The lowest BCUT2D eigenvalue weighted by molar-refractivity contribution is 0.0736. The Morgan fingerprint density at radius 1 is 1.27 bits per heavy atom. The number of hydrogen-bond donors (Lipinski definition) is 1. The third-order valence-electron chi connectivity index (χ3n) is 3.88. The van der Waals surface area contributed by atoms with Gasteiger partial charge in [-0.25, -0.2) is 0 Å². The number of carbonyl (C=O) groups is 1. The lowest BCUT2D eigenvalue weighted by atomic mass is 10.1. The number of hydrogen-bond acceptors (Lipinski definition) is 5. The van der Waals surface area contributed by atoms with Gasteiger partial charge in [-0.2, -0.15) is 0 Å². The number of rotatable bonds is 3. The molecule has 22 heavy (non-hydrogen) atoms. The van der Waals surface area contributed by atoms with Gasteiger partial charge in [0.05, 0.1) is 19.8 Å². The van der Waals surface area contributed by atoms with Gasteiger partial charge in [0.2, 0.25) is 0 Å². The highest BCUT2D eigenvalue weighted by molar-refractivity contribution is 7.10. The molecule has 3 rings (SSSR count). The van der Waals surface area contributed by atoms with Crippen molar-refractivity contribution in [2.75, 3.05) is 26.5 Å². The molecule has 0 saturated heterocycles. The topological polar surface area (TPSA) is 64.8 Å². The molecule has 1 aromatic heterocycles. The highest BCUT2D eigenvalue weighted by Gasteiger charge is 2.25. The average Bonchev–Trinajstić information content (AvgIpc) is 3.01. The van der Waals surface area contributed by atoms with E-state index in [1.807, 2.05) is 4.90 Å². The van der Waals surface area contributed by atoms with E-state index in [9.17, 15) is 4.79 Å². The van der Waals surface area contributed by atoms with Crippen LogP contribution < -0.4 is 15.2 Å². The number of methoxy groups -OCH3 is 2. The molecule has 5 nitrogen and oxygen atoms in total. The predicted octanol–water partition coefficient (Wildman–Crippen LogP) is 2.55. The Hall–Kier alpha value is -2.21. The van der Waals surface area contributed by atoms with E-state index in [4.69, 9.17) is 15.2 Å². The van der Waals surface area contributed by atoms with Gasteiger partial charge in [-0.3, -0.25) is 4.79 Å². The molecule has 0 unspecified atom stereocenters. The minimum Gasteiger partial charge on any atom is -0.493 e. The van der Waals surface area contributed by atoms with Crippen molar-refractivity contribution in [3.05, 3.63) is 39.6 Å². The van der Waals surface area contributed by atoms with E-state index < -0.39 is 0 Å². The number of thiophene rings is 1. The summed E-state index contributed by atoms with van der Waals surface area (Å²) in [4.78, 5) is 16.0. The van der Waals surface area contributed by atoms with Crippen molar-refractivity contribution in [3.63, 3.8) is 0 Å². The molecule has 0 fully saturated rings. The zero-order valence-corrected chi connectivity index (χ0v) is 13.4. The highest BCUT2D eigenvalue weighted by atomic mass is 32.1. The maximum Gasteiger partial charge on any atom is 0.256 e. The molecule has 2 N–H and O–H groups in total. The second-order valence-corrected chi connectivity index (χ2v) is 6.14. The number of benzene rings is 1. The Morgan fingerprint density at radius 3 is 2.73 bits per heavy atom. The van der Waals surface area contributed by atoms with Crippen molar-refractivity contribution >= 4 is 22.9 Å². The summed E-state index contributed by atoms with van der Waals surface area (Å²) in [5, 5.41) is 2.07. The van der Waals surface area contributed by atoms with Gasteiger partial charge in [-0.05, 0) is 29.5 Å². The normalized spacial score (nSPS) is 13.6. The summed E-state index contributed by atoms with van der Waals surface area (Å²) in [5.41, 5.74) is 8.10. The van der Waals surface area contributed by atoms with Crippen LogP contribution in [0.25, 0.3) is 0 Å². The van der Waals surface area contributed by atoms with Crippen molar-refractivity contribution in [1.29, 1.82) is 0 Å². The van der Waals surface area contributed by atoms with Gasteiger partial charge in [-0.15, -0.1) is 11.3 Å². The Kier molecular flexibility index (Phi) is 3.94. The molecule has 1 aliphatic heterocycles. The van der Waals surface area contributed by atoms with Crippen molar-refractivity contribution in [2.45, 2.75) is 13.0 Å². The van der Waals surface area contributed by atoms with Gasteiger partial charge in [0.1, 0.15) is 0 Å². The molecular weight excluding hydrogens is 300 g/mol. The molecule has 116 valence electrons. The molecule has 2 heterocycles. The van der Waals surface area contributed by atoms with Crippen molar-refractivity contribution < 1.29 is 14.3 Å². The lowest BCUT2D eigenvalue weighted by Gasteiger charge is -2.27. The van der Waals surface area contributed by atoms with E-state index in [0.29, 0.717) is 35.8 Å². The number of ether oxygens (including phenoxy) is 2. The van der Waals surface area contributed by atoms with Crippen LogP contribution in [0.4, 0.5) is 5.69 Å². The molecule has 1 aromatic carbocycles. The van der Waals surface area contributed by atoms with Crippen LogP contribution in [0.2, 0.25) is 0 Å². The summed E-state index contributed by atoms with van der Waals surface area (Å²) in [5.74, 6) is 0.957. The first-order valence-electron chi connectivity index (χ1n) is 7.00. The number of nitrogens with two attached hydrogens (primary N) is 1. The minimum absolute atomic E-state index is 0.0738. The maximum atomic E-state index is 12.8. The van der Waals surface area contributed by atoms with Crippen LogP contribution >= 0.6 is 11.3 Å². The Bertz CT molecular complexity index is 711. The first-order chi connectivity index (χ1) is 10.6. The standard InChI is InChI=1S/C16H18N2O3S/c1-20-13-7-11(12(17)8-14(13)21-2)16(19)18-5-3-15-10(9-18)4-6-22-15/h4,6-8H,3,5,9,17H2,1-2H3. The number of nitrogens with zero attached hydrogens (tertiary/aromatic N) is 1. The quantitative estimate of drug-likeness (QED) is 0.883. The molecule has 0 atom stereocenters. The molecule has 0 aliphatic carbocycles. The van der Waals surface area contributed by atoms with E-state index in [-0.39, 0.29) is 5.91 Å². The number of carbonyl (C=O) groups excluding carboxylic acids is 1. The fourth-order valence-electron chi connectivity index (χ4n) is 2.67. The first kappa shape index (κ1) is 14.7. The smallest absolute Gasteiger partial charge is 0.256 e. The van der Waals surface area contributed by atoms with Crippen LogP contribution in [-0.2, 0) is 13.0 Å². The molecule has 0 bridgehead atoms. The van der Waals surface area contributed by atoms with Gasteiger partial charge in [0.25, 0.3) is 5.91 Å². The zero-order valence-electron chi connectivity index (χ0n) is 12.6. The van der Waals surface area contributed by atoms with Gasteiger partial charge < -0.3 is 20.1 Å². The number of fused-ring (bicyclic) bond motifs is 1. The molecular formula is C16H18N2O3S. The predicted molar refractivity (Wildman–Crippen MR) is 86.7 cm³/mol. The van der Waals surface area contributed by atoms with Gasteiger partial charge in [0, 0.05) is 29.7 Å². The van der Waals surface area contributed by atoms with Gasteiger partial charge in [-0.1, -0.05) is 0 Å². The number of amides is 1. The van der Waals surface area contributed by atoms with Crippen LogP contribution in [0.5, 0.6) is 11.5 Å². The summed E-state index contributed by atoms with van der Waals surface area (Å²) < 4.78 is 10.5. The molecule has 1 aliphatic rings. The van der Waals surface area contributed by atoms with E-state index in [0.717, 1.165) is 6.42 Å². The second kappa shape index (κ2) is 5.88. The summed E-state index contributed by atoms with van der Waals surface area (Å²) in [6.45, 7) is 1.34. The van der Waals surface area contributed by atoms with E-state index in [2.05, 4.69) is 11.4 Å². The van der Waals surface area contributed by atoms with Gasteiger partial charge >= 0.3 is 0 Å².